The minimum Gasteiger partial charge on any atom is -0.497 e. The second kappa shape index (κ2) is 3.22. The molecular weight excluding hydrogens is 172 g/mol. The number of carboxylic acid groups (broad SMARTS) is 1. The molecular formula is C8H10N2O3. The number of aromatic carboxylic acids is 1. The number of hydrogen-bond donors (Lipinski definition) is 3. The van der Waals surface area contributed by atoms with Crippen molar-refractivity contribution in [1.29, 1.82) is 0 Å². The van der Waals surface area contributed by atoms with E-state index in [0.29, 0.717) is 5.75 Å². The molecule has 5 nitrogen and oxygen atoms in total. The third kappa shape index (κ3) is 1.64. The monoisotopic (exact) mass is 182 g/mol. The molecule has 1 aromatic carbocycles. The van der Waals surface area contributed by atoms with E-state index in [-0.39, 0.29) is 16.9 Å². The first kappa shape index (κ1) is 9.18. The molecule has 0 bridgehead atoms. The molecule has 0 radical (unpaired) electrons. The number of carbonyl (C=O) groups is 1. The molecule has 70 valence electrons. The molecule has 1 rings (SSSR count). The molecule has 0 aliphatic carbocycles. The van der Waals surface area contributed by atoms with Gasteiger partial charge in [-0.15, -0.1) is 0 Å². The second-order valence-corrected chi connectivity index (χ2v) is 2.49. The van der Waals surface area contributed by atoms with Gasteiger partial charge in [0, 0.05) is 12.1 Å². The van der Waals surface area contributed by atoms with Gasteiger partial charge in [-0.3, -0.25) is 0 Å². The predicted octanol–water partition coefficient (Wildman–Crippen LogP) is 0.558. The van der Waals surface area contributed by atoms with Crippen molar-refractivity contribution in [2.24, 2.45) is 0 Å². The third-order valence-electron chi connectivity index (χ3n) is 1.62. The molecule has 0 unspecified atom stereocenters. The van der Waals surface area contributed by atoms with Crippen LogP contribution in [0.25, 0.3) is 0 Å². The molecule has 0 aromatic heterocycles. The smallest absolute Gasteiger partial charge is 0.339 e. The molecule has 0 aliphatic rings. The molecule has 0 aliphatic heterocycles. The van der Waals surface area contributed by atoms with Crippen LogP contribution >= 0.6 is 0 Å². The fourth-order valence-electron chi connectivity index (χ4n) is 1.02. The van der Waals surface area contributed by atoms with Crippen LogP contribution in [0.4, 0.5) is 11.4 Å². The van der Waals surface area contributed by atoms with Crippen molar-refractivity contribution < 1.29 is 14.6 Å². The van der Waals surface area contributed by atoms with Crippen molar-refractivity contribution in [2.45, 2.75) is 0 Å². The van der Waals surface area contributed by atoms with E-state index in [9.17, 15) is 4.79 Å². The zero-order valence-electron chi connectivity index (χ0n) is 7.07. The minimum absolute atomic E-state index is 0.0826. The van der Waals surface area contributed by atoms with Gasteiger partial charge in [0.2, 0.25) is 0 Å². The van der Waals surface area contributed by atoms with Crippen LogP contribution in [0.5, 0.6) is 5.75 Å². The Hall–Kier alpha value is -1.91. The van der Waals surface area contributed by atoms with Crippen LogP contribution in [-0.4, -0.2) is 18.2 Å². The highest BCUT2D eigenvalue weighted by Crippen LogP contribution is 2.26. The summed E-state index contributed by atoms with van der Waals surface area (Å²) in [6.07, 6.45) is 0. The minimum atomic E-state index is -1.14. The summed E-state index contributed by atoms with van der Waals surface area (Å²) in [6.45, 7) is 0. The Morgan fingerprint density at radius 3 is 2.15 bits per heavy atom. The van der Waals surface area contributed by atoms with Gasteiger partial charge in [0.25, 0.3) is 0 Å². The predicted molar refractivity (Wildman–Crippen MR) is 48.8 cm³/mol. The molecule has 0 saturated carbocycles. The topological polar surface area (TPSA) is 98.6 Å². The van der Waals surface area contributed by atoms with Gasteiger partial charge in [-0.2, -0.15) is 0 Å². The molecule has 1 aromatic rings. The van der Waals surface area contributed by atoms with E-state index in [0.717, 1.165) is 0 Å². The van der Waals surface area contributed by atoms with Gasteiger partial charge in [0.05, 0.1) is 18.5 Å². The standard InChI is InChI=1S/C8H10N2O3/c1-13-4-2-5(9)7(8(11)12)6(10)3-4/h2-3H,9-10H2,1H3,(H,11,12). The highest BCUT2D eigenvalue weighted by Gasteiger charge is 2.13. The van der Waals surface area contributed by atoms with Crippen molar-refractivity contribution >= 4 is 17.3 Å². The highest BCUT2D eigenvalue weighted by molar-refractivity contribution is 5.99. The average Bonchev–Trinajstić information content (AvgIpc) is 2.02. The van der Waals surface area contributed by atoms with Gasteiger partial charge >= 0.3 is 5.97 Å². The van der Waals surface area contributed by atoms with Gasteiger partial charge < -0.3 is 21.3 Å². The van der Waals surface area contributed by atoms with E-state index in [1.54, 1.807) is 0 Å². The summed E-state index contributed by atoms with van der Waals surface area (Å²) in [7, 11) is 1.45. The van der Waals surface area contributed by atoms with Crippen LogP contribution in [0, 0.1) is 0 Å². The lowest BCUT2D eigenvalue weighted by atomic mass is 10.1. The Morgan fingerprint density at radius 1 is 1.38 bits per heavy atom. The molecule has 13 heavy (non-hydrogen) atoms. The molecule has 0 fully saturated rings. The first-order chi connectivity index (χ1) is 6.06. The van der Waals surface area contributed by atoms with E-state index < -0.39 is 5.97 Å². The molecule has 5 heteroatoms. The van der Waals surface area contributed by atoms with Crippen LogP contribution in [0.1, 0.15) is 10.4 Å². The Morgan fingerprint density at radius 2 is 1.85 bits per heavy atom. The van der Waals surface area contributed by atoms with E-state index in [1.807, 2.05) is 0 Å². The number of carboxylic acids is 1. The lowest BCUT2D eigenvalue weighted by molar-refractivity contribution is 0.0699. The maximum absolute atomic E-state index is 10.6. The summed E-state index contributed by atoms with van der Waals surface area (Å²) < 4.78 is 4.86. The number of rotatable bonds is 2. The molecule has 0 heterocycles. The van der Waals surface area contributed by atoms with Crippen molar-refractivity contribution in [3.05, 3.63) is 17.7 Å². The third-order valence-corrected chi connectivity index (χ3v) is 1.62. The fourth-order valence-corrected chi connectivity index (χ4v) is 1.02. The summed E-state index contributed by atoms with van der Waals surface area (Å²) in [5.41, 5.74) is 11.0. The normalized spacial score (nSPS) is 9.62. The zero-order chi connectivity index (χ0) is 10.0. The molecule has 0 saturated heterocycles. The highest BCUT2D eigenvalue weighted by atomic mass is 16.5. The Balaban J connectivity index is 3.31. The van der Waals surface area contributed by atoms with Crippen LogP contribution in [0.2, 0.25) is 0 Å². The summed E-state index contributed by atoms with van der Waals surface area (Å²) in [5, 5.41) is 8.71. The van der Waals surface area contributed by atoms with Crippen molar-refractivity contribution in [3.8, 4) is 5.75 Å². The summed E-state index contributed by atoms with van der Waals surface area (Å²) >= 11 is 0. The van der Waals surface area contributed by atoms with E-state index in [1.165, 1.54) is 19.2 Å². The van der Waals surface area contributed by atoms with Gasteiger partial charge in [-0.05, 0) is 0 Å². The first-order valence-corrected chi connectivity index (χ1v) is 3.52. The van der Waals surface area contributed by atoms with Crippen molar-refractivity contribution in [3.63, 3.8) is 0 Å². The van der Waals surface area contributed by atoms with E-state index >= 15 is 0 Å². The van der Waals surface area contributed by atoms with Crippen LogP contribution in [-0.2, 0) is 0 Å². The number of nitrogens with two attached hydrogens (primary N) is 2. The SMILES string of the molecule is COc1cc(N)c(C(=O)O)c(N)c1. The lowest BCUT2D eigenvalue weighted by Crippen LogP contribution is -2.07. The van der Waals surface area contributed by atoms with Crippen LogP contribution < -0.4 is 16.2 Å². The van der Waals surface area contributed by atoms with Crippen molar-refractivity contribution in [2.75, 3.05) is 18.6 Å². The Kier molecular flexibility index (Phi) is 2.27. The number of anilines is 2. The number of nitrogen functional groups attached to an aromatic ring is 2. The first-order valence-electron chi connectivity index (χ1n) is 3.52. The van der Waals surface area contributed by atoms with Gasteiger partial charge in [-0.1, -0.05) is 0 Å². The zero-order valence-corrected chi connectivity index (χ0v) is 7.07. The number of hydrogen-bond acceptors (Lipinski definition) is 4. The van der Waals surface area contributed by atoms with Crippen molar-refractivity contribution in [1.82, 2.24) is 0 Å². The van der Waals surface area contributed by atoms with Crippen LogP contribution in [0.15, 0.2) is 12.1 Å². The average molecular weight is 182 g/mol. The lowest BCUT2D eigenvalue weighted by Gasteiger charge is -2.07. The van der Waals surface area contributed by atoms with Gasteiger partial charge in [0.1, 0.15) is 11.3 Å². The Bertz CT molecular complexity index is 326. The quantitative estimate of drug-likeness (QED) is 0.580. The maximum Gasteiger partial charge on any atom is 0.339 e. The summed E-state index contributed by atoms with van der Waals surface area (Å²) in [5.74, 6) is -0.697. The van der Waals surface area contributed by atoms with E-state index in [2.05, 4.69) is 0 Å². The number of benzene rings is 1. The molecule has 0 spiro atoms. The molecule has 0 atom stereocenters. The molecule has 0 amide bonds. The van der Waals surface area contributed by atoms with Crippen LogP contribution in [0.3, 0.4) is 0 Å². The number of methoxy groups -OCH3 is 1. The largest absolute Gasteiger partial charge is 0.497 e. The maximum atomic E-state index is 10.6. The Labute approximate surface area is 74.9 Å². The van der Waals surface area contributed by atoms with Gasteiger partial charge in [0.15, 0.2) is 0 Å². The summed E-state index contributed by atoms with van der Waals surface area (Å²) in [4.78, 5) is 10.6. The second-order valence-electron chi connectivity index (χ2n) is 2.49. The fraction of sp³-hybridized carbons (Fsp3) is 0.125. The summed E-state index contributed by atoms with van der Waals surface area (Å²) in [6, 6.07) is 2.83. The van der Waals surface area contributed by atoms with E-state index in [4.69, 9.17) is 21.3 Å². The molecule has 5 N–H and O–H groups in total. The van der Waals surface area contributed by atoms with Gasteiger partial charge in [-0.25, -0.2) is 4.79 Å². The number of ether oxygens (including phenoxy) is 1.